The smallest absolute Gasteiger partial charge is 0.457 e. The Labute approximate surface area is 246 Å². The zero-order valence-electron chi connectivity index (χ0n) is 22.3. The summed E-state index contributed by atoms with van der Waals surface area (Å²) in [4.78, 5) is -1.29. The molecule has 0 saturated carbocycles. The highest BCUT2D eigenvalue weighted by Gasteiger charge is 2.67. The quantitative estimate of drug-likeness (QED) is 0.177. The summed E-state index contributed by atoms with van der Waals surface area (Å²) in [7, 11) is -19.1. The van der Waals surface area contributed by atoms with Gasteiger partial charge in [-0.05, 0) is 77.6 Å². The average Bonchev–Trinajstić information content (AvgIpc) is 2.92. The highest BCUT2D eigenvalue weighted by Crippen LogP contribution is 2.74. The second-order valence-electron chi connectivity index (χ2n) is 9.16. The van der Waals surface area contributed by atoms with Crippen LogP contribution in [0.5, 0.6) is 11.5 Å². The first-order valence-corrected chi connectivity index (χ1v) is 16.6. The zero-order valence-corrected chi connectivity index (χ0v) is 24.7. The van der Waals surface area contributed by atoms with Crippen molar-refractivity contribution >= 4 is 30.3 Å². The third-order valence-corrected chi connectivity index (χ3v) is 15.0. The van der Waals surface area contributed by atoms with E-state index in [2.05, 4.69) is 0 Å². The van der Waals surface area contributed by atoms with Crippen molar-refractivity contribution in [1.29, 1.82) is 0 Å². The molecule has 0 radical (unpaired) electrons. The zero-order chi connectivity index (χ0) is 31.8. The number of alkyl halides is 6. The van der Waals surface area contributed by atoms with Crippen LogP contribution in [-0.2, 0) is 20.0 Å². The molecule has 43 heavy (non-hydrogen) atoms. The summed E-state index contributed by atoms with van der Waals surface area (Å²) in [5, 5.41) is 0. The van der Waals surface area contributed by atoms with Crippen molar-refractivity contribution in [3.63, 3.8) is 0 Å². The number of nitrogens with zero attached hydrogens (tertiary/aromatic N) is 1. The Morgan fingerprint density at radius 2 is 0.837 bits per heavy atom. The van der Waals surface area contributed by atoms with Crippen LogP contribution in [0.2, 0.25) is 0 Å². The first-order chi connectivity index (χ1) is 19.9. The number of hydrogen-bond donors (Lipinski definition) is 0. The molecule has 0 aromatic heterocycles. The number of para-hydroxylation sites is 1. The van der Waals surface area contributed by atoms with Gasteiger partial charge in [-0.15, -0.1) is 0 Å². The summed E-state index contributed by atoms with van der Waals surface area (Å²) < 4.78 is 142. The van der Waals surface area contributed by atoms with Crippen molar-refractivity contribution in [2.45, 2.75) is 39.6 Å². The molecule has 15 heteroatoms. The van der Waals surface area contributed by atoms with E-state index in [0.29, 0.717) is 16.9 Å². The molecule has 0 amide bonds. The van der Waals surface area contributed by atoms with E-state index in [0.717, 1.165) is 36.4 Å². The van der Waals surface area contributed by atoms with Crippen molar-refractivity contribution in [3.05, 3.63) is 114 Å². The molecular formula is C28H23F6NO5S3. The number of aryl methyl sites for hydroxylation is 2. The first kappa shape index (κ1) is 32.4. The average molecular weight is 664 g/mol. The van der Waals surface area contributed by atoms with E-state index in [1.807, 2.05) is 0 Å². The van der Waals surface area contributed by atoms with Gasteiger partial charge >= 0.3 is 31.1 Å². The maximum Gasteiger partial charge on any atom is 0.513 e. The van der Waals surface area contributed by atoms with E-state index in [4.69, 9.17) is 4.74 Å². The van der Waals surface area contributed by atoms with Crippen LogP contribution in [0.1, 0.15) is 11.1 Å². The molecule has 0 aliphatic rings. The lowest BCUT2D eigenvalue weighted by molar-refractivity contribution is -0.0505. The lowest BCUT2D eigenvalue weighted by Crippen LogP contribution is -2.50. The summed E-state index contributed by atoms with van der Waals surface area (Å²) in [6.45, 7) is 3.16. The highest BCUT2D eigenvalue weighted by molar-refractivity contribution is 8.41. The molecule has 0 aliphatic carbocycles. The van der Waals surface area contributed by atoms with Crippen LogP contribution < -0.4 is 4.74 Å². The fourth-order valence-electron chi connectivity index (χ4n) is 4.06. The standard InChI is InChI=1S/C28H23F6NO5S3/c1-20-8-14-24(15-9-20)41(25-16-10-21(2)11-17-25,26-18-12-23(13-19-26)40-22-6-4-3-5-7-22)35(42(36,37)27(29,30)31)43(38,39)28(32,33)34/h3-19H,1-2H3. The van der Waals surface area contributed by atoms with Gasteiger partial charge in [0.25, 0.3) is 0 Å². The van der Waals surface area contributed by atoms with Crippen molar-refractivity contribution in [1.82, 2.24) is 3.12 Å². The number of rotatable bonds is 8. The van der Waals surface area contributed by atoms with Crippen LogP contribution in [0.3, 0.4) is 0 Å². The Hall–Kier alpha value is -3.53. The lowest BCUT2D eigenvalue weighted by Gasteiger charge is -2.47. The Kier molecular flexibility index (Phi) is 8.68. The van der Waals surface area contributed by atoms with Crippen LogP contribution >= 0.6 is 10.2 Å². The molecule has 0 bridgehead atoms. The fourth-order valence-corrected chi connectivity index (χ4v) is 13.3. The number of benzene rings is 4. The van der Waals surface area contributed by atoms with E-state index in [-0.39, 0.29) is 5.75 Å². The third-order valence-electron chi connectivity index (χ3n) is 6.07. The van der Waals surface area contributed by atoms with Gasteiger partial charge in [-0.25, -0.2) is 16.8 Å². The van der Waals surface area contributed by atoms with Crippen molar-refractivity contribution < 1.29 is 47.9 Å². The predicted octanol–water partition coefficient (Wildman–Crippen LogP) is 8.29. The molecule has 4 rings (SSSR count). The summed E-state index contributed by atoms with van der Waals surface area (Å²) >= 11 is 0. The molecule has 4 aromatic rings. The van der Waals surface area contributed by atoms with Crippen LogP contribution in [0.25, 0.3) is 0 Å². The highest BCUT2D eigenvalue weighted by atomic mass is 32.4. The third kappa shape index (κ3) is 5.98. The number of ether oxygens (including phenoxy) is 1. The molecule has 0 spiro atoms. The largest absolute Gasteiger partial charge is 0.513 e. The van der Waals surface area contributed by atoms with Gasteiger partial charge in [-0.1, -0.05) is 63.8 Å². The van der Waals surface area contributed by atoms with E-state index < -0.39 is 59.1 Å². The number of halogens is 6. The van der Waals surface area contributed by atoms with E-state index in [1.165, 1.54) is 36.4 Å². The summed E-state index contributed by atoms with van der Waals surface area (Å²) in [5.41, 5.74) is -11.8. The second kappa shape index (κ2) is 11.5. The van der Waals surface area contributed by atoms with Crippen molar-refractivity contribution in [2.75, 3.05) is 0 Å². The number of hydrogen-bond acceptors (Lipinski definition) is 5. The molecule has 0 aliphatic heterocycles. The SMILES string of the molecule is Cc1ccc(S(c2ccc(C)cc2)(c2ccc(Oc3ccccc3)cc2)N(S(=O)(=O)C(F)(F)F)S(=O)(=O)C(F)(F)F)cc1. The Morgan fingerprint density at radius 1 is 0.512 bits per heavy atom. The van der Waals surface area contributed by atoms with Gasteiger partial charge in [0, 0.05) is 14.7 Å². The summed E-state index contributed by atoms with van der Waals surface area (Å²) in [6, 6.07) is 22.5. The topological polar surface area (TPSA) is 80.8 Å². The van der Waals surface area contributed by atoms with Gasteiger partial charge in [-0.3, -0.25) is 0 Å². The van der Waals surface area contributed by atoms with Gasteiger partial charge in [0.05, 0.1) is 0 Å². The van der Waals surface area contributed by atoms with Crippen LogP contribution in [-0.4, -0.2) is 31.0 Å². The van der Waals surface area contributed by atoms with E-state index >= 15 is 0 Å². The molecule has 0 unspecified atom stereocenters. The first-order valence-electron chi connectivity index (χ1n) is 12.2. The fraction of sp³-hybridized carbons (Fsp3) is 0.143. The monoisotopic (exact) mass is 663 g/mol. The van der Waals surface area contributed by atoms with Gasteiger partial charge in [0.15, 0.2) is 0 Å². The molecule has 0 fully saturated rings. The molecule has 0 N–H and O–H groups in total. The summed E-state index contributed by atoms with van der Waals surface area (Å²) in [5.74, 6) is 0.451. The maximum absolute atomic E-state index is 14.2. The Bertz CT molecular complexity index is 1700. The molecule has 230 valence electrons. The van der Waals surface area contributed by atoms with Crippen LogP contribution in [0.15, 0.2) is 118 Å². The molecule has 0 heterocycles. The van der Waals surface area contributed by atoms with Crippen molar-refractivity contribution in [3.8, 4) is 11.5 Å². The normalized spacial score (nSPS) is 13.6. The molecule has 0 atom stereocenters. The predicted molar refractivity (Wildman–Crippen MR) is 149 cm³/mol. The maximum atomic E-state index is 14.2. The number of sulfonamides is 2. The minimum Gasteiger partial charge on any atom is -0.457 e. The molecule has 4 aromatic carbocycles. The van der Waals surface area contributed by atoms with Gasteiger partial charge < -0.3 is 4.74 Å². The minimum atomic E-state index is -7.23. The lowest BCUT2D eigenvalue weighted by atomic mass is 10.2. The molecular weight excluding hydrogens is 640 g/mol. The molecule has 6 nitrogen and oxygen atoms in total. The van der Waals surface area contributed by atoms with E-state index in [1.54, 1.807) is 44.2 Å². The second-order valence-corrected chi connectivity index (χ2v) is 16.3. The molecule has 0 saturated heterocycles. The van der Waals surface area contributed by atoms with Gasteiger partial charge in [0.2, 0.25) is 0 Å². The van der Waals surface area contributed by atoms with Crippen LogP contribution in [0, 0.1) is 13.8 Å². The Morgan fingerprint density at radius 3 is 1.19 bits per heavy atom. The summed E-state index contributed by atoms with van der Waals surface area (Å²) in [6.07, 6.45) is 0. The van der Waals surface area contributed by atoms with Crippen molar-refractivity contribution in [2.24, 2.45) is 0 Å². The van der Waals surface area contributed by atoms with Gasteiger partial charge in [-0.2, -0.15) is 26.3 Å². The Balaban J connectivity index is 2.19. The van der Waals surface area contributed by atoms with Crippen LogP contribution in [0.4, 0.5) is 26.3 Å². The van der Waals surface area contributed by atoms with E-state index in [9.17, 15) is 43.2 Å². The van der Waals surface area contributed by atoms with Gasteiger partial charge in [0.1, 0.15) is 11.5 Å². The minimum absolute atomic E-state index is 0.0972.